The minimum atomic E-state index is -0.488. The predicted molar refractivity (Wildman–Crippen MR) is 95.2 cm³/mol. The van der Waals surface area contributed by atoms with Crippen molar-refractivity contribution in [1.29, 1.82) is 0 Å². The molecule has 0 aliphatic carbocycles. The van der Waals surface area contributed by atoms with Crippen LogP contribution in [0.3, 0.4) is 0 Å². The molecule has 1 heterocycles. The fraction of sp³-hybridized carbons (Fsp3) is 0.684. The molecule has 23 heavy (non-hydrogen) atoms. The molecule has 0 aromatic heterocycles. The second-order valence-electron chi connectivity index (χ2n) is 6.63. The van der Waals surface area contributed by atoms with Crippen LogP contribution in [0.2, 0.25) is 0 Å². The Morgan fingerprint density at radius 1 is 1.22 bits per heavy atom. The van der Waals surface area contributed by atoms with Crippen LogP contribution in [0.5, 0.6) is 5.75 Å². The molecule has 3 unspecified atom stereocenters. The van der Waals surface area contributed by atoms with Gasteiger partial charge >= 0.3 is 0 Å². The number of para-hydroxylation sites is 1. The molecule has 132 valence electrons. The average molecular weight is 323 g/mol. The number of aliphatic hydroxyl groups excluding tert-OH is 1. The molecule has 3 atom stereocenters. The van der Waals surface area contributed by atoms with Gasteiger partial charge in [-0.05, 0) is 31.4 Å². The van der Waals surface area contributed by atoms with Gasteiger partial charge in [0.1, 0.15) is 18.5 Å². The van der Waals surface area contributed by atoms with E-state index < -0.39 is 6.10 Å². The summed E-state index contributed by atoms with van der Waals surface area (Å²) in [5.41, 5.74) is 1.18. The van der Waals surface area contributed by atoms with E-state index in [0.717, 1.165) is 18.8 Å². The Hall–Kier alpha value is -1.10. The lowest BCUT2D eigenvalue weighted by Gasteiger charge is -2.36. The van der Waals surface area contributed by atoms with Crippen LogP contribution in [0, 0.1) is 0 Å². The Labute approximate surface area is 141 Å². The average Bonchev–Trinajstić information content (AvgIpc) is 2.44. The van der Waals surface area contributed by atoms with Crippen LogP contribution >= 0.6 is 0 Å². The molecule has 1 saturated heterocycles. The number of hydrogen-bond donors (Lipinski definition) is 1. The predicted octanol–water partition coefficient (Wildman–Crippen LogP) is 3.30. The Kier molecular flexibility index (Phi) is 8.03. The Bertz CT molecular complexity index is 454. The van der Waals surface area contributed by atoms with Gasteiger partial charge in [-0.15, -0.1) is 0 Å². The van der Waals surface area contributed by atoms with E-state index in [9.17, 15) is 5.11 Å². The van der Waals surface area contributed by atoms with Gasteiger partial charge in [-0.2, -0.15) is 0 Å². The van der Waals surface area contributed by atoms with E-state index in [-0.39, 0.29) is 19.6 Å². The van der Waals surface area contributed by atoms with Gasteiger partial charge in [0, 0.05) is 19.6 Å². The van der Waals surface area contributed by atoms with Crippen LogP contribution in [0.1, 0.15) is 46.6 Å². The normalized spacial score (nSPS) is 23.4. The maximum absolute atomic E-state index is 10.3. The zero-order valence-electron chi connectivity index (χ0n) is 14.2. The summed E-state index contributed by atoms with van der Waals surface area (Å²) in [6, 6.07) is 8.05. The highest BCUT2D eigenvalue weighted by atomic mass is 16.5. The van der Waals surface area contributed by atoms with Crippen LogP contribution in [0.4, 0.5) is 0 Å². The Balaban J connectivity index is 0.00000264. The van der Waals surface area contributed by atoms with Crippen molar-refractivity contribution in [2.24, 2.45) is 0 Å². The van der Waals surface area contributed by atoms with Crippen molar-refractivity contribution in [2.75, 3.05) is 26.2 Å². The zero-order chi connectivity index (χ0) is 16.1. The number of rotatable bonds is 6. The van der Waals surface area contributed by atoms with Crippen molar-refractivity contribution in [3.63, 3.8) is 0 Å². The SMILES string of the molecule is C.CC1CN(CC(O)COc2ccccc2C(C)C)CC(C)O1. The molecule has 0 spiro atoms. The number of benzene rings is 1. The zero-order valence-corrected chi connectivity index (χ0v) is 14.2. The van der Waals surface area contributed by atoms with Crippen molar-refractivity contribution in [3.05, 3.63) is 29.8 Å². The molecule has 4 nitrogen and oxygen atoms in total. The molecule has 2 rings (SSSR count). The lowest BCUT2D eigenvalue weighted by molar-refractivity contribution is -0.0787. The molecular weight excluding hydrogens is 290 g/mol. The van der Waals surface area contributed by atoms with E-state index in [4.69, 9.17) is 9.47 Å². The van der Waals surface area contributed by atoms with E-state index in [2.05, 4.69) is 38.7 Å². The van der Waals surface area contributed by atoms with Gasteiger partial charge < -0.3 is 14.6 Å². The number of hydrogen-bond acceptors (Lipinski definition) is 4. The van der Waals surface area contributed by atoms with Crippen molar-refractivity contribution < 1.29 is 14.6 Å². The fourth-order valence-electron chi connectivity index (χ4n) is 3.06. The summed E-state index contributed by atoms with van der Waals surface area (Å²) in [5.74, 6) is 1.29. The molecule has 1 aliphatic heterocycles. The number of ether oxygens (including phenoxy) is 2. The first-order valence-electron chi connectivity index (χ1n) is 8.23. The van der Waals surface area contributed by atoms with Gasteiger partial charge in [-0.25, -0.2) is 0 Å². The molecule has 1 aliphatic rings. The topological polar surface area (TPSA) is 41.9 Å². The maximum atomic E-state index is 10.3. The molecule has 1 fully saturated rings. The van der Waals surface area contributed by atoms with Crippen LogP contribution in [0.25, 0.3) is 0 Å². The highest BCUT2D eigenvalue weighted by molar-refractivity contribution is 5.35. The molecule has 0 saturated carbocycles. The summed E-state index contributed by atoms with van der Waals surface area (Å²) < 4.78 is 11.6. The van der Waals surface area contributed by atoms with Gasteiger partial charge in [0.15, 0.2) is 0 Å². The molecule has 1 aromatic rings. The molecule has 1 aromatic carbocycles. The lowest BCUT2D eigenvalue weighted by Crippen LogP contribution is -2.48. The smallest absolute Gasteiger partial charge is 0.122 e. The van der Waals surface area contributed by atoms with Crippen LogP contribution < -0.4 is 4.74 Å². The standard InChI is InChI=1S/C18H29NO3.CH4/c1-13(2)17-7-5-6-8-18(17)21-12-16(20)11-19-9-14(3)22-15(4)10-19;/h5-8,13-16,20H,9-12H2,1-4H3;1H4. The summed E-state index contributed by atoms with van der Waals surface area (Å²) in [5, 5.41) is 10.3. The van der Waals surface area contributed by atoms with Gasteiger partial charge in [-0.3, -0.25) is 4.90 Å². The third-order valence-electron chi connectivity index (χ3n) is 3.94. The monoisotopic (exact) mass is 323 g/mol. The van der Waals surface area contributed by atoms with Crippen LogP contribution in [0.15, 0.2) is 24.3 Å². The Morgan fingerprint density at radius 2 is 1.83 bits per heavy atom. The van der Waals surface area contributed by atoms with Gasteiger partial charge in [0.2, 0.25) is 0 Å². The summed E-state index contributed by atoms with van der Waals surface area (Å²) in [4.78, 5) is 2.25. The minimum Gasteiger partial charge on any atom is -0.491 e. The molecule has 1 N–H and O–H groups in total. The van der Waals surface area contributed by atoms with Gasteiger partial charge in [0.25, 0.3) is 0 Å². The second kappa shape index (κ2) is 9.26. The third kappa shape index (κ3) is 6.13. The molecular formula is C19H33NO3. The number of morpholine rings is 1. The lowest BCUT2D eigenvalue weighted by atomic mass is 10.0. The minimum absolute atomic E-state index is 0. The van der Waals surface area contributed by atoms with E-state index in [0.29, 0.717) is 19.1 Å². The van der Waals surface area contributed by atoms with Crippen molar-refractivity contribution in [1.82, 2.24) is 4.90 Å². The highest BCUT2D eigenvalue weighted by Gasteiger charge is 2.24. The van der Waals surface area contributed by atoms with E-state index >= 15 is 0 Å². The van der Waals surface area contributed by atoms with E-state index in [1.165, 1.54) is 5.56 Å². The molecule has 0 amide bonds. The maximum Gasteiger partial charge on any atom is 0.122 e. The Morgan fingerprint density at radius 3 is 2.43 bits per heavy atom. The molecule has 0 radical (unpaired) electrons. The second-order valence-corrected chi connectivity index (χ2v) is 6.63. The quantitative estimate of drug-likeness (QED) is 0.872. The third-order valence-corrected chi connectivity index (χ3v) is 3.94. The largest absolute Gasteiger partial charge is 0.491 e. The van der Waals surface area contributed by atoms with E-state index in [1.54, 1.807) is 0 Å². The van der Waals surface area contributed by atoms with Crippen molar-refractivity contribution in [2.45, 2.75) is 59.4 Å². The summed E-state index contributed by atoms with van der Waals surface area (Å²) >= 11 is 0. The highest BCUT2D eigenvalue weighted by Crippen LogP contribution is 2.25. The van der Waals surface area contributed by atoms with E-state index in [1.807, 2.05) is 18.2 Å². The van der Waals surface area contributed by atoms with Gasteiger partial charge in [0.05, 0.1) is 12.2 Å². The van der Waals surface area contributed by atoms with Crippen molar-refractivity contribution in [3.8, 4) is 5.75 Å². The van der Waals surface area contributed by atoms with Crippen LogP contribution in [-0.4, -0.2) is 54.6 Å². The fourth-order valence-corrected chi connectivity index (χ4v) is 3.06. The van der Waals surface area contributed by atoms with Crippen LogP contribution in [-0.2, 0) is 4.74 Å². The number of aliphatic hydroxyl groups is 1. The summed E-state index contributed by atoms with van der Waals surface area (Å²) in [6.07, 6.45) is -0.0465. The number of β-amino-alcohol motifs (C(OH)–C–C–N with tert-alkyl or cyclic N) is 1. The first kappa shape index (κ1) is 19.9. The molecule has 4 heteroatoms. The number of nitrogens with zero attached hydrogens (tertiary/aromatic N) is 1. The summed E-state index contributed by atoms with van der Waals surface area (Å²) in [6.45, 7) is 11.1. The van der Waals surface area contributed by atoms with Crippen molar-refractivity contribution >= 4 is 0 Å². The summed E-state index contributed by atoms with van der Waals surface area (Å²) in [7, 11) is 0. The molecule has 0 bridgehead atoms. The van der Waals surface area contributed by atoms with Gasteiger partial charge in [-0.1, -0.05) is 39.5 Å². The first-order chi connectivity index (χ1) is 10.5. The first-order valence-corrected chi connectivity index (χ1v) is 8.23.